The molecule has 2 aromatic carbocycles. The molecule has 0 saturated heterocycles. The molecule has 0 saturated carbocycles. The maximum atomic E-state index is 12.3. The van der Waals surface area contributed by atoms with Crippen molar-refractivity contribution in [3.8, 4) is 5.75 Å². The first-order valence-electron chi connectivity index (χ1n) is 10.6. The lowest BCUT2D eigenvalue weighted by molar-refractivity contribution is 0.0651. The number of rotatable bonds is 12. The molecule has 0 bridgehead atoms. The number of benzene rings is 2. The molecule has 2 aromatic rings. The zero-order valence-corrected chi connectivity index (χ0v) is 18.6. The van der Waals surface area contributed by atoms with Crippen molar-refractivity contribution in [2.24, 2.45) is 0 Å². The molecule has 4 nitrogen and oxygen atoms in total. The zero-order valence-electron chi connectivity index (χ0n) is 17.0. The van der Waals surface area contributed by atoms with Gasteiger partial charge in [-0.15, -0.1) is 0 Å². The van der Waals surface area contributed by atoms with Crippen molar-refractivity contribution < 1.29 is 14.3 Å². The Labute approximate surface area is 188 Å². The molecule has 0 radical (unpaired) electrons. The molecule has 2 amide bonds. The molecule has 30 heavy (non-hydrogen) atoms. The molecule has 0 N–H and O–H groups in total. The highest BCUT2D eigenvalue weighted by molar-refractivity contribution is 6.42. The van der Waals surface area contributed by atoms with Gasteiger partial charge in [-0.1, -0.05) is 73.9 Å². The molecule has 1 aliphatic rings. The number of fused-ring (bicyclic) bond motifs is 1. The van der Waals surface area contributed by atoms with E-state index in [2.05, 4.69) is 0 Å². The number of hydrogen-bond donors (Lipinski definition) is 0. The number of amides is 2. The van der Waals surface area contributed by atoms with Gasteiger partial charge in [0, 0.05) is 12.6 Å². The highest BCUT2D eigenvalue weighted by atomic mass is 35.5. The lowest BCUT2D eigenvalue weighted by Gasteiger charge is -2.13. The molecule has 0 spiro atoms. The van der Waals surface area contributed by atoms with Crippen LogP contribution in [-0.2, 0) is 0 Å². The van der Waals surface area contributed by atoms with Gasteiger partial charge in [-0.25, -0.2) is 0 Å². The summed E-state index contributed by atoms with van der Waals surface area (Å²) in [5.41, 5.74) is 1.07. The second-order valence-electron chi connectivity index (χ2n) is 7.56. The Morgan fingerprint density at radius 1 is 0.700 bits per heavy atom. The van der Waals surface area contributed by atoms with Crippen molar-refractivity contribution in [3.63, 3.8) is 0 Å². The molecule has 160 valence electrons. The van der Waals surface area contributed by atoms with E-state index in [-0.39, 0.29) is 11.8 Å². The van der Waals surface area contributed by atoms with Crippen molar-refractivity contribution in [2.45, 2.75) is 51.4 Å². The standard InChI is InChI=1S/C24H27Cl2NO3/c25-21-14-13-18(17-22(21)26)30-16-10-6-4-2-1-3-5-9-15-27-23(28)19-11-7-8-12-20(19)24(27)29/h7-8,11-14,17H,1-6,9-10,15-16H2. The summed E-state index contributed by atoms with van der Waals surface area (Å²) in [6.45, 7) is 1.19. The van der Waals surface area contributed by atoms with Gasteiger partial charge in [0.2, 0.25) is 0 Å². The molecule has 3 rings (SSSR count). The second-order valence-corrected chi connectivity index (χ2v) is 8.37. The predicted molar refractivity (Wildman–Crippen MR) is 121 cm³/mol. The minimum atomic E-state index is -0.154. The predicted octanol–water partition coefficient (Wildman–Crippen LogP) is 6.79. The highest BCUT2D eigenvalue weighted by Gasteiger charge is 2.34. The van der Waals surface area contributed by atoms with E-state index in [1.54, 1.807) is 36.4 Å². The first-order valence-corrected chi connectivity index (χ1v) is 11.4. The summed E-state index contributed by atoms with van der Waals surface area (Å²) in [6, 6.07) is 12.4. The summed E-state index contributed by atoms with van der Waals surface area (Å²) >= 11 is 11.9. The summed E-state index contributed by atoms with van der Waals surface area (Å²) in [7, 11) is 0. The lowest BCUT2D eigenvalue weighted by atomic mass is 10.1. The van der Waals surface area contributed by atoms with E-state index in [1.165, 1.54) is 24.2 Å². The fraction of sp³-hybridized carbons (Fsp3) is 0.417. The molecule has 0 fully saturated rings. The maximum Gasteiger partial charge on any atom is 0.261 e. The molecule has 0 atom stereocenters. The van der Waals surface area contributed by atoms with Gasteiger partial charge in [-0.05, 0) is 37.1 Å². The van der Waals surface area contributed by atoms with E-state index >= 15 is 0 Å². The van der Waals surface area contributed by atoms with Crippen LogP contribution in [0.3, 0.4) is 0 Å². The van der Waals surface area contributed by atoms with Crippen LogP contribution in [0.5, 0.6) is 5.75 Å². The normalized spacial score (nSPS) is 13.1. The number of unbranched alkanes of at least 4 members (excludes halogenated alkanes) is 7. The first-order chi connectivity index (χ1) is 14.6. The van der Waals surface area contributed by atoms with Gasteiger partial charge in [0.1, 0.15) is 5.75 Å². The number of hydrogen-bond acceptors (Lipinski definition) is 3. The van der Waals surface area contributed by atoms with Gasteiger partial charge >= 0.3 is 0 Å². The van der Waals surface area contributed by atoms with Crippen molar-refractivity contribution in [2.75, 3.05) is 13.2 Å². The number of carbonyl (C=O) groups excluding carboxylic acids is 2. The zero-order chi connectivity index (χ0) is 21.3. The monoisotopic (exact) mass is 447 g/mol. The Morgan fingerprint density at radius 2 is 1.27 bits per heavy atom. The third kappa shape index (κ3) is 5.99. The SMILES string of the molecule is O=C1c2ccccc2C(=O)N1CCCCCCCCCCOc1ccc(Cl)c(Cl)c1. The number of imide groups is 1. The van der Waals surface area contributed by atoms with Crippen molar-refractivity contribution in [3.05, 3.63) is 63.6 Å². The van der Waals surface area contributed by atoms with Crippen LogP contribution in [0.2, 0.25) is 10.0 Å². The second kappa shape index (κ2) is 11.4. The number of nitrogens with zero attached hydrogens (tertiary/aromatic N) is 1. The van der Waals surface area contributed by atoms with Crippen molar-refractivity contribution in [1.82, 2.24) is 4.90 Å². The van der Waals surface area contributed by atoms with E-state index in [0.717, 1.165) is 37.9 Å². The molecular formula is C24H27Cl2NO3. The van der Waals surface area contributed by atoms with Crippen molar-refractivity contribution in [1.29, 1.82) is 0 Å². The Hall–Kier alpha value is -2.04. The molecule has 1 heterocycles. The van der Waals surface area contributed by atoms with E-state index in [4.69, 9.17) is 27.9 Å². The van der Waals surface area contributed by atoms with Crippen LogP contribution in [0.4, 0.5) is 0 Å². The van der Waals surface area contributed by atoms with E-state index in [0.29, 0.717) is 34.3 Å². The molecule has 0 aliphatic carbocycles. The minimum absolute atomic E-state index is 0.154. The van der Waals surface area contributed by atoms with Crippen LogP contribution in [0.15, 0.2) is 42.5 Å². The number of ether oxygens (including phenoxy) is 1. The maximum absolute atomic E-state index is 12.3. The summed E-state index contributed by atoms with van der Waals surface area (Å²) < 4.78 is 5.69. The number of halogens is 2. The quantitative estimate of drug-likeness (QED) is 0.265. The molecule has 0 aromatic heterocycles. The van der Waals surface area contributed by atoms with Gasteiger partial charge in [-0.3, -0.25) is 14.5 Å². The smallest absolute Gasteiger partial charge is 0.261 e. The van der Waals surface area contributed by atoms with Crippen LogP contribution < -0.4 is 4.74 Å². The summed E-state index contributed by atoms with van der Waals surface area (Å²) in [5.74, 6) is 0.444. The molecule has 1 aliphatic heterocycles. The Bertz CT molecular complexity index is 850. The summed E-state index contributed by atoms with van der Waals surface area (Å²) in [5, 5.41) is 1.05. The van der Waals surface area contributed by atoms with Gasteiger partial charge < -0.3 is 4.74 Å². The fourth-order valence-electron chi connectivity index (χ4n) is 3.63. The van der Waals surface area contributed by atoms with Gasteiger partial charge in [-0.2, -0.15) is 0 Å². The van der Waals surface area contributed by atoms with E-state index in [1.807, 2.05) is 6.07 Å². The molecular weight excluding hydrogens is 421 g/mol. The first kappa shape index (κ1) is 22.6. The van der Waals surface area contributed by atoms with E-state index in [9.17, 15) is 9.59 Å². The van der Waals surface area contributed by atoms with Gasteiger partial charge in [0.25, 0.3) is 11.8 Å². The highest BCUT2D eigenvalue weighted by Crippen LogP contribution is 2.26. The van der Waals surface area contributed by atoms with Crippen LogP contribution in [-0.4, -0.2) is 29.9 Å². The summed E-state index contributed by atoms with van der Waals surface area (Å²) in [6.07, 6.45) is 8.73. The Kier molecular flexibility index (Phi) is 8.59. The number of carbonyl (C=O) groups is 2. The van der Waals surface area contributed by atoms with Gasteiger partial charge in [0.15, 0.2) is 0 Å². The fourth-order valence-corrected chi connectivity index (χ4v) is 3.92. The van der Waals surface area contributed by atoms with Gasteiger partial charge in [0.05, 0.1) is 27.8 Å². The average molecular weight is 448 g/mol. The largest absolute Gasteiger partial charge is 0.494 e. The Balaban J connectivity index is 1.19. The Morgan fingerprint density at radius 3 is 1.87 bits per heavy atom. The average Bonchev–Trinajstić information content (AvgIpc) is 2.99. The minimum Gasteiger partial charge on any atom is -0.494 e. The van der Waals surface area contributed by atoms with Crippen LogP contribution in [0.1, 0.15) is 72.1 Å². The topological polar surface area (TPSA) is 46.6 Å². The lowest BCUT2D eigenvalue weighted by Crippen LogP contribution is -2.30. The molecule has 0 unspecified atom stereocenters. The summed E-state index contributed by atoms with van der Waals surface area (Å²) in [4.78, 5) is 26.0. The van der Waals surface area contributed by atoms with E-state index < -0.39 is 0 Å². The van der Waals surface area contributed by atoms with Crippen LogP contribution >= 0.6 is 23.2 Å². The van der Waals surface area contributed by atoms with Crippen LogP contribution in [0.25, 0.3) is 0 Å². The molecule has 6 heteroatoms. The third-order valence-electron chi connectivity index (χ3n) is 5.31. The van der Waals surface area contributed by atoms with Crippen LogP contribution in [0, 0.1) is 0 Å². The van der Waals surface area contributed by atoms with Crippen molar-refractivity contribution >= 4 is 35.0 Å². The third-order valence-corrected chi connectivity index (χ3v) is 6.05.